The van der Waals surface area contributed by atoms with E-state index >= 15 is 0 Å². The van der Waals surface area contributed by atoms with Crippen molar-refractivity contribution in [3.05, 3.63) is 65.0 Å². The lowest BCUT2D eigenvalue weighted by Crippen LogP contribution is -2.20. The Labute approximate surface area is 194 Å². The third-order valence-corrected chi connectivity index (χ3v) is 5.98. The molecule has 3 heterocycles. The van der Waals surface area contributed by atoms with Gasteiger partial charge in [0.25, 0.3) is 0 Å². The molecule has 0 aliphatic heterocycles. The maximum absolute atomic E-state index is 14.3. The van der Waals surface area contributed by atoms with E-state index in [-0.39, 0.29) is 22.9 Å². The SMILES string of the molecule is Cn1cc(-c2ccnc(Oc3ccc(F)c(NC(=O)Nc4csc(C(C)(C)C)c4)c3)n2)cn1. The number of ether oxygens (including phenoxy) is 1. The smallest absolute Gasteiger partial charge is 0.323 e. The molecule has 170 valence electrons. The van der Waals surface area contributed by atoms with Gasteiger partial charge in [0.05, 0.1) is 23.3 Å². The minimum absolute atomic E-state index is 0.0186. The maximum Gasteiger partial charge on any atom is 0.323 e. The number of benzene rings is 1. The minimum Gasteiger partial charge on any atom is -0.424 e. The van der Waals surface area contributed by atoms with Gasteiger partial charge in [-0.05, 0) is 29.7 Å². The number of halogens is 1. The average molecular weight is 467 g/mol. The number of carbonyl (C=O) groups excluding carboxylic acids is 1. The molecule has 8 nitrogen and oxygen atoms in total. The lowest BCUT2D eigenvalue weighted by atomic mass is 9.95. The number of anilines is 2. The summed E-state index contributed by atoms with van der Waals surface area (Å²) in [5, 5.41) is 11.2. The molecule has 0 saturated carbocycles. The predicted octanol–water partition coefficient (Wildman–Crippen LogP) is 5.81. The molecule has 3 aromatic heterocycles. The normalized spacial score (nSPS) is 11.3. The Morgan fingerprint density at radius 2 is 2.00 bits per heavy atom. The first-order chi connectivity index (χ1) is 15.7. The zero-order valence-electron chi connectivity index (χ0n) is 18.6. The Balaban J connectivity index is 1.46. The number of carbonyl (C=O) groups is 1. The summed E-state index contributed by atoms with van der Waals surface area (Å²) in [6.45, 7) is 6.29. The molecule has 1 aromatic carbocycles. The van der Waals surface area contributed by atoms with E-state index in [9.17, 15) is 9.18 Å². The van der Waals surface area contributed by atoms with E-state index in [2.05, 4.69) is 46.5 Å². The van der Waals surface area contributed by atoms with Crippen LogP contribution in [0.1, 0.15) is 25.6 Å². The highest BCUT2D eigenvalue weighted by Crippen LogP contribution is 2.31. The minimum atomic E-state index is -0.594. The van der Waals surface area contributed by atoms with Gasteiger partial charge in [0.2, 0.25) is 0 Å². The molecule has 0 atom stereocenters. The number of hydrogen-bond acceptors (Lipinski definition) is 6. The lowest BCUT2D eigenvalue weighted by Gasteiger charge is -2.15. The molecule has 0 fully saturated rings. The van der Waals surface area contributed by atoms with Crippen LogP contribution in [0, 0.1) is 5.82 Å². The molecule has 0 saturated heterocycles. The zero-order valence-corrected chi connectivity index (χ0v) is 19.4. The Kier molecular flexibility index (Phi) is 6.10. The molecule has 2 N–H and O–H groups in total. The van der Waals surface area contributed by atoms with Crippen LogP contribution >= 0.6 is 11.3 Å². The summed E-state index contributed by atoms with van der Waals surface area (Å²) in [6, 6.07) is 7.20. The van der Waals surface area contributed by atoms with Crippen molar-refractivity contribution in [1.29, 1.82) is 0 Å². The Bertz CT molecular complexity index is 1290. The topological polar surface area (TPSA) is 94.0 Å². The van der Waals surface area contributed by atoms with Gasteiger partial charge in [-0.25, -0.2) is 14.2 Å². The molecule has 0 aliphatic rings. The number of amides is 2. The molecule has 0 radical (unpaired) electrons. The number of nitrogens with zero attached hydrogens (tertiary/aromatic N) is 4. The lowest BCUT2D eigenvalue weighted by molar-refractivity contribution is 0.262. The van der Waals surface area contributed by atoms with Gasteiger partial charge in [-0.15, -0.1) is 11.3 Å². The van der Waals surface area contributed by atoms with Crippen LogP contribution in [0.3, 0.4) is 0 Å². The van der Waals surface area contributed by atoms with Gasteiger partial charge >= 0.3 is 12.0 Å². The Hall–Kier alpha value is -3.79. The van der Waals surface area contributed by atoms with Gasteiger partial charge in [-0.2, -0.15) is 10.1 Å². The van der Waals surface area contributed by atoms with Crippen LogP contribution in [-0.4, -0.2) is 25.8 Å². The fourth-order valence-electron chi connectivity index (χ4n) is 2.95. The highest BCUT2D eigenvalue weighted by Gasteiger charge is 2.17. The second-order valence-corrected chi connectivity index (χ2v) is 9.31. The van der Waals surface area contributed by atoms with Crippen molar-refractivity contribution in [3.8, 4) is 23.0 Å². The fraction of sp³-hybridized carbons (Fsp3) is 0.217. The first-order valence-electron chi connectivity index (χ1n) is 10.1. The second kappa shape index (κ2) is 8.99. The van der Waals surface area contributed by atoms with E-state index in [0.717, 1.165) is 10.4 Å². The molecule has 4 rings (SSSR count). The summed E-state index contributed by atoms with van der Waals surface area (Å²) in [4.78, 5) is 22.0. The highest BCUT2D eigenvalue weighted by atomic mass is 32.1. The summed E-state index contributed by atoms with van der Waals surface area (Å²) in [5.74, 6) is -0.316. The molecular weight excluding hydrogens is 443 g/mol. The molecule has 0 aliphatic carbocycles. The number of aromatic nitrogens is 4. The van der Waals surface area contributed by atoms with Crippen LogP contribution in [0.4, 0.5) is 20.6 Å². The maximum atomic E-state index is 14.3. The number of aryl methyl sites for hydroxylation is 1. The molecule has 10 heteroatoms. The number of hydrogen-bond donors (Lipinski definition) is 2. The van der Waals surface area contributed by atoms with Crippen molar-refractivity contribution in [2.45, 2.75) is 26.2 Å². The molecule has 0 bridgehead atoms. The van der Waals surface area contributed by atoms with E-state index in [1.165, 1.54) is 18.2 Å². The summed E-state index contributed by atoms with van der Waals surface area (Å²) in [7, 11) is 1.81. The van der Waals surface area contributed by atoms with Gasteiger partial charge in [0.15, 0.2) is 0 Å². The van der Waals surface area contributed by atoms with E-state index in [4.69, 9.17) is 4.74 Å². The molecular formula is C23H23FN6O2S. The monoisotopic (exact) mass is 466 g/mol. The number of nitrogens with one attached hydrogen (secondary N) is 2. The van der Waals surface area contributed by atoms with Crippen LogP contribution < -0.4 is 15.4 Å². The summed E-state index contributed by atoms with van der Waals surface area (Å²) in [5.41, 5.74) is 2.05. The van der Waals surface area contributed by atoms with Crippen LogP contribution in [0.25, 0.3) is 11.3 Å². The van der Waals surface area contributed by atoms with Crippen LogP contribution in [-0.2, 0) is 12.5 Å². The van der Waals surface area contributed by atoms with Gasteiger partial charge in [0, 0.05) is 41.3 Å². The van der Waals surface area contributed by atoms with Crippen molar-refractivity contribution in [2.24, 2.45) is 7.05 Å². The van der Waals surface area contributed by atoms with Crippen LogP contribution in [0.2, 0.25) is 0 Å². The molecule has 0 unspecified atom stereocenters. The van der Waals surface area contributed by atoms with Crippen molar-refractivity contribution < 1.29 is 13.9 Å². The third-order valence-electron chi connectivity index (χ3n) is 4.63. The standard InChI is InChI=1S/C23H23FN6O2S/c1-23(2,3)20-9-15(13-33-20)27-21(31)28-19-10-16(5-6-17(19)24)32-22-25-8-7-18(29-22)14-11-26-30(4)12-14/h5-13H,1-4H3,(H2,27,28,31). The number of rotatable bonds is 5. The molecule has 33 heavy (non-hydrogen) atoms. The van der Waals surface area contributed by atoms with Crippen LogP contribution in [0.15, 0.2) is 54.3 Å². The first-order valence-corrected chi connectivity index (χ1v) is 11.0. The summed E-state index contributed by atoms with van der Waals surface area (Å²) >= 11 is 1.56. The van der Waals surface area contributed by atoms with E-state index in [1.54, 1.807) is 34.5 Å². The third kappa shape index (κ3) is 5.53. The average Bonchev–Trinajstić information content (AvgIpc) is 3.40. The van der Waals surface area contributed by atoms with Gasteiger partial charge in [-0.3, -0.25) is 4.68 Å². The first kappa shape index (κ1) is 22.4. The van der Waals surface area contributed by atoms with E-state index in [0.29, 0.717) is 11.4 Å². The Morgan fingerprint density at radius 1 is 1.18 bits per heavy atom. The van der Waals surface area contributed by atoms with Gasteiger partial charge < -0.3 is 15.4 Å². The fourth-order valence-corrected chi connectivity index (χ4v) is 3.88. The summed E-state index contributed by atoms with van der Waals surface area (Å²) in [6.07, 6.45) is 5.07. The largest absolute Gasteiger partial charge is 0.424 e. The van der Waals surface area contributed by atoms with Gasteiger partial charge in [-0.1, -0.05) is 20.8 Å². The van der Waals surface area contributed by atoms with Crippen LogP contribution in [0.5, 0.6) is 11.8 Å². The van der Waals surface area contributed by atoms with Crippen molar-refractivity contribution in [3.63, 3.8) is 0 Å². The zero-order chi connectivity index (χ0) is 23.6. The van der Waals surface area contributed by atoms with Crippen molar-refractivity contribution in [1.82, 2.24) is 19.7 Å². The van der Waals surface area contributed by atoms with Crippen molar-refractivity contribution in [2.75, 3.05) is 10.6 Å². The second-order valence-electron chi connectivity index (χ2n) is 8.40. The quantitative estimate of drug-likeness (QED) is 0.387. The number of thiophene rings is 1. The van der Waals surface area contributed by atoms with E-state index < -0.39 is 11.8 Å². The van der Waals surface area contributed by atoms with Crippen molar-refractivity contribution >= 4 is 28.7 Å². The molecule has 2 amide bonds. The Morgan fingerprint density at radius 3 is 2.70 bits per heavy atom. The molecule has 0 spiro atoms. The highest BCUT2D eigenvalue weighted by molar-refractivity contribution is 7.10. The predicted molar refractivity (Wildman–Crippen MR) is 126 cm³/mol. The number of urea groups is 1. The van der Waals surface area contributed by atoms with E-state index in [1.807, 2.05) is 24.7 Å². The summed E-state index contributed by atoms with van der Waals surface area (Å²) < 4.78 is 21.7. The van der Waals surface area contributed by atoms with Gasteiger partial charge in [0.1, 0.15) is 11.6 Å². The molecule has 4 aromatic rings.